The van der Waals surface area contributed by atoms with Crippen molar-refractivity contribution in [2.75, 3.05) is 7.11 Å². The summed E-state index contributed by atoms with van der Waals surface area (Å²) in [5.74, 6) is 0.718. The molecule has 0 amide bonds. The van der Waals surface area contributed by atoms with Crippen molar-refractivity contribution < 1.29 is 4.74 Å². The molecule has 2 atom stereocenters. The predicted octanol–water partition coefficient (Wildman–Crippen LogP) is 1.70. The van der Waals surface area contributed by atoms with E-state index in [0.717, 1.165) is 11.3 Å². The molecule has 1 rings (SSSR count). The summed E-state index contributed by atoms with van der Waals surface area (Å²) in [6, 6.07) is 5.03. The molecule has 0 fully saturated rings. The normalized spacial score (nSPS) is 14.9. The van der Waals surface area contributed by atoms with Gasteiger partial charge in [-0.3, -0.25) is 0 Å². The van der Waals surface area contributed by atoms with Crippen LogP contribution in [0.15, 0.2) is 18.2 Å². The van der Waals surface area contributed by atoms with Crippen molar-refractivity contribution in [1.29, 1.82) is 0 Å². The average molecular weight is 215 g/mol. The second-order valence-corrected chi connectivity index (χ2v) is 3.68. The van der Waals surface area contributed by atoms with Crippen LogP contribution in [0, 0.1) is 0 Å². The fraction of sp³-hybridized carbons (Fsp3) is 0.400. The van der Waals surface area contributed by atoms with Crippen molar-refractivity contribution >= 4 is 11.6 Å². The summed E-state index contributed by atoms with van der Waals surface area (Å²) in [6.45, 7) is 1.85. The van der Waals surface area contributed by atoms with E-state index in [9.17, 15) is 0 Å². The number of hydrogen-bond acceptors (Lipinski definition) is 3. The quantitative estimate of drug-likeness (QED) is 0.805. The Labute approximate surface area is 89.0 Å². The van der Waals surface area contributed by atoms with Gasteiger partial charge >= 0.3 is 0 Å². The molecule has 78 valence electrons. The van der Waals surface area contributed by atoms with Crippen molar-refractivity contribution in [3.05, 3.63) is 28.8 Å². The lowest BCUT2D eigenvalue weighted by molar-refractivity contribution is 0.414. The van der Waals surface area contributed by atoms with Crippen LogP contribution in [0.25, 0.3) is 0 Å². The first-order valence-electron chi connectivity index (χ1n) is 4.41. The third kappa shape index (κ3) is 2.38. The van der Waals surface area contributed by atoms with Crippen LogP contribution < -0.4 is 16.2 Å². The SMILES string of the molecule is COc1ccc(C(N)C(C)N)c(Cl)c1. The van der Waals surface area contributed by atoms with Crippen LogP contribution in [-0.4, -0.2) is 13.2 Å². The molecular formula is C10H15ClN2O. The van der Waals surface area contributed by atoms with Crippen LogP contribution >= 0.6 is 11.6 Å². The summed E-state index contributed by atoms with van der Waals surface area (Å²) in [4.78, 5) is 0. The minimum absolute atomic E-state index is 0.124. The zero-order valence-electron chi connectivity index (χ0n) is 8.33. The molecule has 0 saturated carbocycles. The van der Waals surface area contributed by atoms with Gasteiger partial charge in [0.2, 0.25) is 0 Å². The van der Waals surface area contributed by atoms with E-state index in [4.69, 9.17) is 27.8 Å². The fourth-order valence-corrected chi connectivity index (χ4v) is 1.48. The Bertz CT molecular complexity index is 315. The molecule has 14 heavy (non-hydrogen) atoms. The van der Waals surface area contributed by atoms with Gasteiger partial charge in [0.1, 0.15) is 5.75 Å². The molecule has 0 aromatic heterocycles. The molecule has 2 unspecified atom stereocenters. The minimum atomic E-state index is -0.242. The molecule has 1 aromatic rings. The first kappa shape index (κ1) is 11.3. The number of methoxy groups -OCH3 is 1. The standard InChI is InChI=1S/C10H15ClN2O/c1-6(12)10(13)8-4-3-7(14-2)5-9(8)11/h3-6,10H,12-13H2,1-2H3. The highest BCUT2D eigenvalue weighted by Gasteiger charge is 2.14. The lowest BCUT2D eigenvalue weighted by Crippen LogP contribution is -2.31. The number of ether oxygens (including phenoxy) is 1. The zero-order valence-corrected chi connectivity index (χ0v) is 9.08. The highest BCUT2D eigenvalue weighted by molar-refractivity contribution is 6.31. The van der Waals surface area contributed by atoms with Gasteiger partial charge in [-0.1, -0.05) is 17.7 Å². The van der Waals surface area contributed by atoms with E-state index < -0.39 is 0 Å². The van der Waals surface area contributed by atoms with Gasteiger partial charge in [0, 0.05) is 17.1 Å². The van der Waals surface area contributed by atoms with Gasteiger partial charge in [-0.2, -0.15) is 0 Å². The van der Waals surface area contributed by atoms with Gasteiger partial charge in [0.25, 0.3) is 0 Å². The van der Waals surface area contributed by atoms with Crippen LogP contribution in [0.3, 0.4) is 0 Å². The highest BCUT2D eigenvalue weighted by atomic mass is 35.5. The molecule has 0 spiro atoms. The van der Waals surface area contributed by atoms with Gasteiger partial charge in [0.15, 0.2) is 0 Å². The van der Waals surface area contributed by atoms with Gasteiger partial charge in [-0.05, 0) is 24.6 Å². The largest absolute Gasteiger partial charge is 0.497 e. The predicted molar refractivity (Wildman–Crippen MR) is 58.6 cm³/mol. The summed E-state index contributed by atoms with van der Waals surface area (Å²) in [6.07, 6.45) is 0. The molecule has 1 aromatic carbocycles. The second-order valence-electron chi connectivity index (χ2n) is 3.27. The second kappa shape index (κ2) is 4.64. The highest BCUT2D eigenvalue weighted by Crippen LogP contribution is 2.27. The van der Waals surface area contributed by atoms with E-state index in [-0.39, 0.29) is 12.1 Å². The van der Waals surface area contributed by atoms with Crippen molar-refractivity contribution in [2.24, 2.45) is 11.5 Å². The summed E-state index contributed by atoms with van der Waals surface area (Å²) < 4.78 is 5.03. The Kier molecular flexibility index (Phi) is 3.75. The van der Waals surface area contributed by atoms with Crippen LogP contribution in [0.2, 0.25) is 5.02 Å². The summed E-state index contributed by atoms with van der Waals surface area (Å²) in [7, 11) is 1.59. The number of hydrogen-bond donors (Lipinski definition) is 2. The van der Waals surface area contributed by atoms with Gasteiger partial charge in [-0.15, -0.1) is 0 Å². The lowest BCUT2D eigenvalue weighted by atomic mass is 10.0. The molecule has 3 nitrogen and oxygen atoms in total. The molecule has 0 radical (unpaired) electrons. The smallest absolute Gasteiger partial charge is 0.120 e. The summed E-state index contributed by atoms with van der Waals surface area (Å²) in [5.41, 5.74) is 12.4. The molecule has 0 bridgehead atoms. The van der Waals surface area contributed by atoms with Crippen LogP contribution in [0.5, 0.6) is 5.75 Å². The third-order valence-corrected chi connectivity index (χ3v) is 2.46. The molecular weight excluding hydrogens is 200 g/mol. The zero-order chi connectivity index (χ0) is 10.7. The third-order valence-electron chi connectivity index (χ3n) is 2.13. The van der Waals surface area contributed by atoms with Crippen molar-refractivity contribution in [3.63, 3.8) is 0 Å². The van der Waals surface area contributed by atoms with E-state index in [0.29, 0.717) is 5.02 Å². The maximum absolute atomic E-state index is 6.03. The maximum Gasteiger partial charge on any atom is 0.120 e. The number of halogens is 1. The number of nitrogens with two attached hydrogens (primary N) is 2. The van der Waals surface area contributed by atoms with Crippen molar-refractivity contribution in [3.8, 4) is 5.75 Å². The lowest BCUT2D eigenvalue weighted by Gasteiger charge is -2.17. The van der Waals surface area contributed by atoms with Crippen LogP contribution in [0.1, 0.15) is 18.5 Å². The van der Waals surface area contributed by atoms with Gasteiger partial charge in [0.05, 0.1) is 7.11 Å². The molecule has 0 saturated heterocycles. The Morgan fingerprint density at radius 2 is 2.00 bits per heavy atom. The first-order chi connectivity index (χ1) is 6.56. The molecule has 0 aliphatic heterocycles. The monoisotopic (exact) mass is 214 g/mol. The van der Waals surface area contributed by atoms with Crippen molar-refractivity contribution in [1.82, 2.24) is 0 Å². The van der Waals surface area contributed by atoms with E-state index in [1.54, 1.807) is 13.2 Å². The fourth-order valence-electron chi connectivity index (χ4n) is 1.19. The molecule has 0 aliphatic carbocycles. The van der Waals surface area contributed by atoms with Gasteiger partial charge < -0.3 is 16.2 Å². The Balaban J connectivity index is 2.99. The van der Waals surface area contributed by atoms with E-state index in [1.165, 1.54) is 0 Å². The molecule has 0 aliphatic rings. The number of benzene rings is 1. The molecule has 4 N–H and O–H groups in total. The Hall–Kier alpha value is -0.770. The number of rotatable bonds is 3. The minimum Gasteiger partial charge on any atom is -0.497 e. The van der Waals surface area contributed by atoms with Crippen LogP contribution in [-0.2, 0) is 0 Å². The topological polar surface area (TPSA) is 61.3 Å². The maximum atomic E-state index is 6.03. The molecule has 0 heterocycles. The average Bonchev–Trinajstić information content (AvgIpc) is 2.16. The van der Waals surface area contributed by atoms with E-state index in [1.807, 2.05) is 19.1 Å². The van der Waals surface area contributed by atoms with Crippen LogP contribution in [0.4, 0.5) is 0 Å². The first-order valence-corrected chi connectivity index (χ1v) is 4.78. The van der Waals surface area contributed by atoms with E-state index >= 15 is 0 Å². The summed E-state index contributed by atoms with van der Waals surface area (Å²) >= 11 is 6.03. The Morgan fingerprint density at radius 1 is 1.36 bits per heavy atom. The Morgan fingerprint density at radius 3 is 2.43 bits per heavy atom. The van der Waals surface area contributed by atoms with Gasteiger partial charge in [-0.25, -0.2) is 0 Å². The summed E-state index contributed by atoms with van der Waals surface area (Å²) in [5, 5.41) is 0.592. The molecule has 4 heteroatoms. The van der Waals surface area contributed by atoms with E-state index in [2.05, 4.69) is 0 Å². The van der Waals surface area contributed by atoms with Crippen molar-refractivity contribution in [2.45, 2.75) is 19.0 Å².